The topological polar surface area (TPSA) is 50.4 Å². The SMILES string of the molecule is O=C(CO[C@H]1CCCNC1)Nc1ccccc1F. The Labute approximate surface area is 106 Å². The van der Waals surface area contributed by atoms with E-state index in [2.05, 4.69) is 10.6 Å². The second kappa shape index (κ2) is 6.47. The molecule has 2 rings (SSSR count). The van der Waals surface area contributed by atoms with Gasteiger partial charge in [0.05, 0.1) is 11.8 Å². The molecule has 4 nitrogen and oxygen atoms in total. The predicted molar refractivity (Wildman–Crippen MR) is 66.9 cm³/mol. The highest BCUT2D eigenvalue weighted by atomic mass is 19.1. The van der Waals surface area contributed by atoms with Gasteiger partial charge in [0.1, 0.15) is 12.4 Å². The highest BCUT2D eigenvalue weighted by Gasteiger charge is 2.15. The fourth-order valence-corrected chi connectivity index (χ4v) is 1.90. The van der Waals surface area contributed by atoms with Gasteiger partial charge in [0.15, 0.2) is 0 Å². The fourth-order valence-electron chi connectivity index (χ4n) is 1.90. The van der Waals surface area contributed by atoms with Crippen LogP contribution in [0, 0.1) is 5.82 Å². The highest BCUT2D eigenvalue weighted by Crippen LogP contribution is 2.12. The third-order valence-corrected chi connectivity index (χ3v) is 2.85. The summed E-state index contributed by atoms with van der Waals surface area (Å²) in [6.07, 6.45) is 2.09. The van der Waals surface area contributed by atoms with Gasteiger partial charge in [-0.15, -0.1) is 0 Å². The van der Waals surface area contributed by atoms with Gasteiger partial charge in [0, 0.05) is 6.54 Å². The number of anilines is 1. The van der Waals surface area contributed by atoms with Gasteiger partial charge >= 0.3 is 0 Å². The van der Waals surface area contributed by atoms with Crippen LogP contribution in [0.15, 0.2) is 24.3 Å². The van der Waals surface area contributed by atoms with Crippen molar-refractivity contribution in [2.24, 2.45) is 0 Å². The Bertz CT molecular complexity index is 406. The van der Waals surface area contributed by atoms with Gasteiger partial charge in [-0.05, 0) is 31.5 Å². The number of para-hydroxylation sites is 1. The van der Waals surface area contributed by atoms with Crippen LogP contribution in [0.3, 0.4) is 0 Å². The molecule has 1 aliphatic rings. The first-order valence-electron chi connectivity index (χ1n) is 6.12. The number of hydrogen-bond acceptors (Lipinski definition) is 3. The van der Waals surface area contributed by atoms with Gasteiger partial charge in [-0.3, -0.25) is 4.79 Å². The van der Waals surface area contributed by atoms with Crippen molar-refractivity contribution in [1.29, 1.82) is 0 Å². The molecule has 0 aromatic heterocycles. The molecule has 18 heavy (non-hydrogen) atoms. The second-order valence-corrected chi connectivity index (χ2v) is 4.31. The van der Waals surface area contributed by atoms with Gasteiger partial charge in [-0.25, -0.2) is 4.39 Å². The largest absolute Gasteiger partial charge is 0.367 e. The molecule has 1 aliphatic heterocycles. The molecular formula is C13H17FN2O2. The number of nitrogens with one attached hydrogen (secondary N) is 2. The van der Waals surface area contributed by atoms with E-state index in [4.69, 9.17) is 4.74 Å². The van der Waals surface area contributed by atoms with E-state index in [-0.39, 0.29) is 24.3 Å². The molecule has 1 aromatic carbocycles. The number of benzene rings is 1. The Morgan fingerprint density at radius 1 is 1.50 bits per heavy atom. The molecule has 0 saturated carbocycles. The lowest BCUT2D eigenvalue weighted by molar-refractivity contribution is -0.122. The van der Waals surface area contributed by atoms with E-state index < -0.39 is 5.82 Å². The van der Waals surface area contributed by atoms with Crippen molar-refractivity contribution in [2.45, 2.75) is 18.9 Å². The van der Waals surface area contributed by atoms with E-state index in [0.717, 1.165) is 25.9 Å². The van der Waals surface area contributed by atoms with Crippen molar-refractivity contribution < 1.29 is 13.9 Å². The molecule has 1 fully saturated rings. The molecular weight excluding hydrogens is 235 g/mol. The first-order valence-corrected chi connectivity index (χ1v) is 6.12. The third kappa shape index (κ3) is 3.78. The normalized spacial score (nSPS) is 19.5. The first-order chi connectivity index (χ1) is 8.75. The molecule has 1 saturated heterocycles. The molecule has 1 atom stereocenters. The summed E-state index contributed by atoms with van der Waals surface area (Å²) < 4.78 is 18.7. The highest BCUT2D eigenvalue weighted by molar-refractivity contribution is 5.91. The summed E-state index contributed by atoms with van der Waals surface area (Å²) in [4.78, 5) is 11.6. The lowest BCUT2D eigenvalue weighted by Crippen LogP contribution is -2.37. The summed E-state index contributed by atoms with van der Waals surface area (Å²) in [5.41, 5.74) is 0.188. The van der Waals surface area contributed by atoms with Crippen LogP contribution in [0.5, 0.6) is 0 Å². The molecule has 1 heterocycles. The summed E-state index contributed by atoms with van der Waals surface area (Å²) in [5.74, 6) is -0.768. The monoisotopic (exact) mass is 252 g/mol. The Morgan fingerprint density at radius 3 is 3.06 bits per heavy atom. The smallest absolute Gasteiger partial charge is 0.250 e. The van der Waals surface area contributed by atoms with Gasteiger partial charge < -0.3 is 15.4 Å². The maximum Gasteiger partial charge on any atom is 0.250 e. The van der Waals surface area contributed by atoms with E-state index in [1.807, 2.05) is 0 Å². The zero-order chi connectivity index (χ0) is 12.8. The molecule has 0 radical (unpaired) electrons. The zero-order valence-corrected chi connectivity index (χ0v) is 10.1. The summed E-state index contributed by atoms with van der Waals surface area (Å²) in [6.45, 7) is 1.73. The minimum Gasteiger partial charge on any atom is -0.367 e. The van der Waals surface area contributed by atoms with Crippen LogP contribution < -0.4 is 10.6 Å². The quantitative estimate of drug-likeness (QED) is 0.854. The maximum absolute atomic E-state index is 13.3. The number of carbonyl (C=O) groups is 1. The summed E-state index contributed by atoms with van der Waals surface area (Å²) in [5, 5.41) is 5.69. The number of halogens is 1. The van der Waals surface area contributed by atoms with Gasteiger partial charge in [-0.1, -0.05) is 12.1 Å². The summed E-state index contributed by atoms with van der Waals surface area (Å²) in [6, 6.07) is 6.08. The number of piperidine rings is 1. The van der Waals surface area contributed by atoms with Crippen LogP contribution in [-0.2, 0) is 9.53 Å². The van der Waals surface area contributed by atoms with Crippen LogP contribution >= 0.6 is 0 Å². The fraction of sp³-hybridized carbons (Fsp3) is 0.462. The lowest BCUT2D eigenvalue weighted by Gasteiger charge is -2.22. The summed E-state index contributed by atoms with van der Waals surface area (Å²) in [7, 11) is 0. The van der Waals surface area contributed by atoms with Crippen molar-refractivity contribution in [3.05, 3.63) is 30.1 Å². The average Bonchev–Trinajstić information content (AvgIpc) is 2.40. The molecule has 98 valence electrons. The number of hydrogen-bond donors (Lipinski definition) is 2. The van der Waals surface area contributed by atoms with Crippen molar-refractivity contribution in [1.82, 2.24) is 5.32 Å². The predicted octanol–water partition coefficient (Wildman–Crippen LogP) is 1.53. The van der Waals surface area contributed by atoms with Gasteiger partial charge in [0.25, 0.3) is 0 Å². The van der Waals surface area contributed by atoms with Crippen LogP contribution in [0.25, 0.3) is 0 Å². The summed E-state index contributed by atoms with van der Waals surface area (Å²) >= 11 is 0. The number of rotatable bonds is 4. The van der Waals surface area contributed by atoms with E-state index in [1.165, 1.54) is 12.1 Å². The maximum atomic E-state index is 13.3. The number of carbonyl (C=O) groups excluding carboxylic acids is 1. The Hall–Kier alpha value is -1.46. The van der Waals surface area contributed by atoms with Crippen LogP contribution in [0.2, 0.25) is 0 Å². The molecule has 0 aliphatic carbocycles. The average molecular weight is 252 g/mol. The molecule has 5 heteroatoms. The van der Waals surface area contributed by atoms with E-state index in [1.54, 1.807) is 12.1 Å². The molecule has 1 aromatic rings. The van der Waals surface area contributed by atoms with Gasteiger partial charge in [-0.2, -0.15) is 0 Å². The zero-order valence-electron chi connectivity index (χ0n) is 10.1. The lowest BCUT2D eigenvalue weighted by atomic mass is 10.1. The molecule has 1 amide bonds. The van der Waals surface area contributed by atoms with E-state index in [0.29, 0.717) is 0 Å². The van der Waals surface area contributed by atoms with Crippen molar-refractivity contribution >= 4 is 11.6 Å². The molecule has 0 unspecified atom stereocenters. The number of ether oxygens (including phenoxy) is 1. The molecule has 0 bridgehead atoms. The Balaban J connectivity index is 1.76. The van der Waals surface area contributed by atoms with E-state index in [9.17, 15) is 9.18 Å². The van der Waals surface area contributed by atoms with E-state index >= 15 is 0 Å². The van der Waals surface area contributed by atoms with Crippen LogP contribution in [0.1, 0.15) is 12.8 Å². The van der Waals surface area contributed by atoms with Gasteiger partial charge in [0.2, 0.25) is 5.91 Å². The van der Waals surface area contributed by atoms with Crippen LogP contribution in [-0.4, -0.2) is 31.7 Å². The van der Waals surface area contributed by atoms with Crippen molar-refractivity contribution in [2.75, 3.05) is 25.0 Å². The standard InChI is InChI=1S/C13H17FN2O2/c14-11-5-1-2-6-12(11)16-13(17)9-18-10-4-3-7-15-8-10/h1-2,5-6,10,15H,3-4,7-9H2,(H,16,17)/t10-/m0/s1. The van der Waals surface area contributed by atoms with Crippen molar-refractivity contribution in [3.63, 3.8) is 0 Å². The minimum atomic E-state index is -0.440. The molecule has 0 spiro atoms. The van der Waals surface area contributed by atoms with Crippen molar-refractivity contribution in [3.8, 4) is 0 Å². The Kier molecular flexibility index (Phi) is 4.66. The Morgan fingerprint density at radius 2 is 2.33 bits per heavy atom. The number of amides is 1. The first kappa shape index (κ1) is 13.0. The minimum absolute atomic E-state index is 0.0410. The third-order valence-electron chi connectivity index (χ3n) is 2.85. The van der Waals surface area contributed by atoms with Crippen LogP contribution in [0.4, 0.5) is 10.1 Å². The molecule has 2 N–H and O–H groups in total. The second-order valence-electron chi connectivity index (χ2n) is 4.31.